The molecule has 0 aliphatic heterocycles. The van der Waals surface area contributed by atoms with E-state index in [4.69, 9.17) is 16.3 Å². The fourth-order valence-electron chi connectivity index (χ4n) is 1.38. The minimum atomic E-state index is -0.356. The van der Waals surface area contributed by atoms with Crippen molar-refractivity contribution in [3.05, 3.63) is 27.4 Å². The lowest BCUT2D eigenvalue weighted by Crippen LogP contribution is -2.11. The highest BCUT2D eigenvalue weighted by Gasteiger charge is 2.07. The molecule has 2 nitrogen and oxygen atoms in total. The smallest absolute Gasteiger partial charge is 0.125 e. The van der Waals surface area contributed by atoms with Crippen molar-refractivity contribution in [1.82, 2.24) is 0 Å². The molecule has 5 heteroatoms. The molecule has 1 aromatic carbocycles. The Hall–Kier alpha value is -0.320. The molecule has 1 rings (SSSR count). The second kappa shape index (κ2) is 7.97. The Morgan fingerprint density at radius 3 is 2.72 bits per heavy atom. The van der Waals surface area contributed by atoms with Gasteiger partial charge in [0.1, 0.15) is 5.82 Å². The lowest BCUT2D eigenvalue weighted by Gasteiger charge is -2.11. The lowest BCUT2D eigenvalue weighted by molar-refractivity contribution is 0.132. The maximum absolute atomic E-state index is 13.0. The second-order valence-corrected chi connectivity index (χ2v) is 5.73. The summed E-state index contributed by atoms with van der Waals surface area (Å²) in [6.45, 7) is 6.33. The molecule has 0 saturated heterocycles. The highest BCUT2D eigenvalue weighted by Crippen LogP contribution is 2.31. The summed E-state index contributed by atoms with van der Waals surface area (Å²) < 4.78 is 19.1. The fraction of sp³-hybridized carbons (Fsp3) is 0.538. The molecule has 0 bridgehead atoms. The van der Waals surface area contributed by atoms with E-state index < -0.39 is 0 Å². The van der Waals surface area contributed by atoms with Crippen molar-refractivity contribution in [1.29, 1.82) is 0 Å². The Kier molecular flexibility index (Phi) is 6.97. The van der Waals surface area contributed by atoms with Gasteiger partial charge >= 0.3 is 0 Å². The third-order valence-corrected chi connectivity index (χ3v) is 3.32. The zero-order chi connectivity index (χ0) is 13.5. The van der Waals surface area contributed by atoms with Crippen LogP contribution in [0.1, 0.15) is 20.3 Å². The van der Waals surface area contributed by atoms with E-state index in [1.54, 1.807) is 0 Å². The number of rotatable bonds is 7. The fourth-order valence-corrected chi connectivity index (χ4v) is 2.34. The van der Waals surface area contributed by atoms with Crippen LogP contribution in [0.4, 0.5) is 10.1 Å². The predicted octanol–water partition coefficient (Wildman–Crippen LogP) is 4.72. The summed E-state index contributed by atoms with van der Waals surface area (Å²) in [7, 11) is 0. The molecule has 0 atom stereocenters. The van der Waals surface area contributed by atoms with E-state index in [-0.39, 0.29) is 5.82 Å². The summed E-state index contributed by atoms with van der Waals surface area (Å²) in [6.07, 6.45) is 1.06. The monoisotopic (exact) mass is 337 g/mol. The van der Waals surface area contributed by atoms with Gasteiger partial charge in [0.25, 0.3) is 0 Å². The predicted molar refractivity (Wildman–Crippen MR) is 77.9 cm³/mol. The van der Waals surface area contributed by atoms with E-state index in [1.807, 2.05) is 0 Å². The van der Waals surface area contributed by atoms with Crippen molar-refractivity contribution >= 4 is 33.2 Å². The van der Waals surface area contributed by atoms with Gasteiger partial charge in [-0.2, -0.15) is 0 Å². The quantitative estimate of drug-likeness (QED) is 0.727. The molecular weight excluding hydrogens is 321 g/mol. The van der Waals surface area contributed by atoms with Crippen LogP contribution in [0.25, 0.3) is 0 Å². The summed E-state index contributed by atoms with van der Waals surface area (Å²) in [6, 6.07) is 2.67. The van der Waals surface area contributed by atoms with Crippen molar-refractivity contribution in [3.63, 3.8) is 0 Å². The van der Waals surface area contributed by atoms with E-state index in [0.29, 0.717) is 34.3 Å². The van der Waals surface area contributed by atoms with Crippen LogP contribution in [0.3, 0.4) is 0 Å². The average Bonchev–Trinajstić information content (AvgIpc) is 2.25. The van der Waals surface area contributed by atoms with Crippen LogP contribution in [0.2, 0.25) is 5.02 Å². The van der Waals surface area contributed by atoms with E-state index in [1.165, 1.54) is 12.1 Å². The molecule has 0 fully saturated rings. The van der Waals surface area contributed by atoms with Gasteiger partial charge in [0.05, 0.1) is 17.3 Å². The number of benzene rings is 1. The molecule has 0 spiro atoms. The van der Waals surface area contributed by atoms with Gasteiger partial charge in [0.2, 0.25) is 0 Å². The summed E-state index contributed by atoms with van der Waals surface area (Å²) in [5.41, 5.74) is 0.700. The van der Waals surface area contributed by atoms with Gasteiger partial charge < -0.3 is 10.1 Å². The molecule has 0 aliphatic carbocycles. The standard InChI is InChI=1S/C13H18BrClFNO/c1-9(2)3-5-18-6-4-17-13-11(14)7-10(16)8-12(13)15/h7-9,17H,3-6H2,1-2H3. The molecule has 0 aromatic heterocycles. The summed E-state index contributed by atoms with van der Waals surface area (Å²) >= 11 is 9.22. The van der Waals surface area contributed by atoms with Gasteiger partial charge in [0, 0.05) is 17.6 Å². The van der Waals surface area contributed by atoms with Crippen LogP contribution in [0, 0.1) is 11.7 Å². The first kappa shape index (κ1) is 15.7. The van der Waals surface area contributed by atoms with Crippen molar-refractivity contribution in [2.75, 3.05) is 25.1 Å². The normalized spacial score (nSPS) is 11.0. The third-order valence-electron chi connectivity index (χ3n) is 2.39. The van der Waals surface area contributed by atoms with Crippen molar-refractivity contribution in [2.45, 2.75) is 20.3 Å². The second-order valence-electron chi connectivity index (χ2n) is 4.47. The van der Waals surface area contributed by atoms with Crippen LogP contribution in [0.15, 0.2) is 16.6 Å². The zero-order valence-corrected chi connectivity index (χ0v) is 12.9. The maximum atomic E-state index is 13.0. The van der Waals surface area contributed by atoms with Crippen molar-refractivity contribution < 1.29 is 9.13 Å². The number of hydrogen-bond acceptors (Lipinski definition) is 2. The average molecular weight is 339 g/mol. The molecule has 0 unspecified atom stereocenters. The highest BCUT2D eigenvalue weighted by atomic mass is 79.9. The number of anilines is 1. The van der Waals surface area contributed by atoms with Gasteiger partial charge in [-0.1, -0.05) is 25.4 Å². The van der Waals surface area contributed by atoms with Crippen LogP contribution >= 0.6 is 27.5 Å². The van der Waals surface area contributed by atoms with Crippen LogP contribution < -0.4 is 5.32 Å². The Balaban J connectivity index is 2.31. The molecule has 102 valence electrons. The van der Waals surface area contributed by atoms with E-state index >= 15 is 0 Å². The maximum Gasteiger partial charge on any atom is 0.125 e. The molecule has 0 amide bonds. The van der Waals surface area contributed by atoms with E-state index in [0.717, 1.165) is 13.0 Å². The summed E-state index contributed by atoms with van der Waals surface area (Å²) in [5.74, 6) is 0.296. The number of halogens is 3. The van der Waals surface area contributed by atoms with Gasteiger partial charge in [-0.05, 0) is 40.4 Å². The zero-order valence-electron chi connectivity index (χ0n) is 10.6. The first-order valence-corrected chi connectivity index (χ1v) is 7.14. The molecule has 0 saturated carbocycles. The first-order valence-electron chi connectivity index (χ1n) is 5.97. The lowest BCUT2D eigenvalue weighted by atomic mass is 10.1. The molecule has 0 radical (unpaired) electrons. The SMILES string of the molecule is CC(C)CCOCCNc1c(Cl)cc(F)cc1Br. The van der Waals surface area contributed by atoms with Gasteiger partial charge in [-0.3, -0.25) is 0 Å². The molecule has 1 aromatic rings. The largest absolute Gasteiger partial charge is 0.381 e. The summed E-state index contributed by atoms with van der Waals surface area (Å²) in [5, 5.41) is 3.49. The molecule has 1 N–H and O–H groups in total. The molecule has 18 heavy (non-hydrogen) atoms. The Morgan fingerprint density at radius 2 is 2.11 bits per heavy atom. The van der Waals surface area contributed by atoms with Crippen LogP contribution in [-0.4, -0.2) is 19.8 Å². The number of ether oxygens (including phenoxy) is 1. The van der Waals surface area contributed by atoms with Crippen molar-refractivity contribution in [2.24, 2.45) is 5.92 Å². The summed E-state index contributed by atoms with van der Waals surface area (Å²) in [4.78, 5) is 0. The van der Waals surface area contributed by atoms with Crippen LogP contribution in [0.5, 0.6) is 0 Å². The van der Waals surface area contributed by atoms with Gasteiger partial charge in [-0.15, -0.1) is 0 Å². The van der Waals surface area contributed by atoms with E-state index in [2.05, 4.69) is 35.1 Å². The minimum absolute atomic E-state index is 0.356. The number of hydrogen-bond donors (Lipinski definition) is 1. The van der Waals surface area contributed by atoms with E-state index in [9.17, 15) is 4.39 Å². The topological polar surface area (TPSA) is 21.3 Å². The van der Waals surface area contributed by atoms with Crippen LogP contribution in [-0.2, 0) is 4.74 Å². The molecule has 0 aliphatic rings. The Labute approximate surface area is 121 Å². The third kappa shape index (κ3) is 5.55. The Morgan fingerprint density at radius 1 is 1.39 bits per heavy atom. The first-order chi connectivity index (χ1) is 8.50. The molecular formula is C13H18BrClFNO. The number of nitrogens with one attached hydrogen (secondary N) is 1. The highest BCUT2D eigenvalue weighted by molar-refractivity contribution is 9.10. The van der Waals surface area contributed by atoms with Gasteiger partial charge in [-0.25, -0.2) is 4.39 Å². The minimum Gasteiger partial charge on any atom is -0.381 e. The van der Waals surface area contributed by atoms with Crippen molar-refractivity contribution in [3.8, 4) is 0 Å². The molecule has 0 heterocycles. The van der Waals surface area contributed by atoms with Gasteiger partial charge in [0.15, 0.2) is 0 Å². The Bertz CT molecular complexity index is 364.